The maximum absolute atomic E-state index is 13.3. The van der Waals surface area contributed by atoms with Gasteiger partial charge in [0, 0.05) is 0 Å². The van der Waals surface area contributed by atoms with Gasteiger partial charge in [-0.2, -0.15) is 0 Å². The van der Waals surface area contributed by atoms with Gasteiger partial charge < -0.3 is 20.7 Å². The number of carbonyl (C=O) groups excluding carboxylic acids is 1. The smallest absolute Gasteiger partial charge is 0.403 e. The van der Waals surface area contributed by atoms with Crippen LogP contribution >= 0.6 is 0 Å². The highest BCUT2D eigenvalue weighted by molar-refractivity contribution is 5.79. The largest absolute Gasteiger partial charge is 0.573 e. The quantitative estimate of drug-likeness (QED) is 0.706. The van der Waals surface area contributed by atoms with Gasteiger partial charge in [-0.1, -0.05) is 6.07 Å². The molecule has 1 amide bonds. The van der Waals surface area contributed by atoms with E-state index in [1.54, 1.807) is 0 Å². The van der Waals surface area contributed by atoms with Crippen LogP contribution in [-0.2, 0) is 4.79 Å². The van der Waals surface area contributed by atoms with E-state index < -0.39 is 36.0 Å². The summed E-state index contributed by atoms with van der Waals surface area (Å²) >= 11 is 0. The first kappa shape index (κ1) is 15.2. The van der Waals surface area contributed by atoms with E-state index >= 15 is 0 Å². The summed E-state index contributed by atoms with van der Waals surface area (Å²) in [6, 6.07) is 1.97. The molecule has 19 heavy (non-hydrogen) atoms. The van der Waals surface area contributed by atoms with Crippen LogP contribution in [0.4, 0.5) is 17.6 Å². The van der Waals surface area contributed by atoms with Crippen molar-refractivity contribution in [1.29, 1.82) is 0 Å². The number of amides is 1. The van der Waals surface area contributed by atoms with Gasteiger partial charge in [0.1, 0.15) is 6.10 Å². The molecule has 0 aliphatic rings. The molecule has 9 heteroatoms. The maximum Gasteiger partial charge on any atom is 0.573 e. The third-order valence-corrected chi connectivity index (χ3v) is 2.11. The minimum atomic E-state index is -5.06. The number of rotatable bonds is 4. The van der Waals surface area contributed by atoms with E-state index in [9.17, 15) is 27.5 Å². The SMILES string of the molecule is NC(=O)C(O)C(O)c1ccc(OC(F)(F)F)c(F)c1. The summed E-state index contributed by atoms with van der Waals surface area (Å²) in [6.07, 6.45) is -8.92. The maximum atomic E-state index is 13.3. The number of aliphatic hydroxyl groups excluding tert-OH is 2. The van der Waals surface area contributed by atoms with Crippen LogP contribution in [0.2, 0.25) is 0 Å². The lowest BCUT2D eigenvalue weighted by atomic mass is 10.0. The molecule has 0 saturated heterocycles. The molecular formula is C10H9F4NO4. The minimum Gasteiger partial charge on any atom is -0.403 e. The van der Waals surface area contributed by atoms with Crippen LogP contribution < -0.4 is 10.5 Å². The summed E-state index contributed by atoms with van der Waals surface area (Å²) in [6.45, 7) is 0. The van der Waals surface area contributed by atoms with Gasteiger partial charge in [-0.05, 0) is 17.7 Å². The highest BCUT2D eigenvalue weighted by Crippen LogP contribution is 2.28. The van der Waals surface area contributed by atoms with Crippen LogP contribution in [0.1, 0.15) is 11.7 Å². The second-order valence-electron chi connectivity index (χ2n) is 3.53. The van der Waals surface area contributed by atoms with Crippen molar-refractivity contribution in [1.82, 2.24) is 0 Å². The molecule has 1 rings (SSSR count). The topological polar surface area (TPSA) is 92.8 Å². The van der Waals surface area contributed by atoms with E-state index in [1.165, 1.54) is 0 Å². The number of hydrogen-bond acceptors (Lipinski definition) is 4. The zero-order chi connectivity index (χ0) is 14.8. The van der Waals surface area contributed by atoms with Crippen molar-refractivity contribution >= 4 is 5.91 Å². The Balaban J connectivity index is 2.97. The molecule has 0 spiro atoms. The predicted octanol–water partition coefficient (Wildman–Crippen LogP) is 0.604. The summed E-state index contributed by atoms with van der Waals surface area (Å²) in [5.41, 5.74) is 4.39. The van der Waals surface area contributed by atoms with E-state index in [1.807, 2.05) is 0 Å². The number of halogens is 4. The lowest BCUT2D eigenvalue weighted by molar-refractivity contribution is -0.275. The van der Waals surface area contributed by atoms with Crippen molar-refractivity contribution in [2.75, 3.05) is 0 Å². The summed E-state index contributed by atoms with van der Waals surface area (Å²) in [5, 5.41) is 18.6. The number of carbonyl (C=O) groups is 1. The zero-order valence-electron chi connectivity index (χ0n) is 9.19. The zero-order valence-corrected chi connectivity index (χ0v) is 9.19. The van der Waals surface area contributed by atoms with Gasteiger partial charge in [0.05, 0.1) is 0 Å². The van der Waals surface area contributed by atoms with E-state index in [4.69, 9.17) is 10.8 Å². The van der Waals surface area contributed by atoms with E-state index in [2.05, 4.69) is 4.74 Å². The molecule has 0 heterocycles. The number of primary amides is 1. The minimum absolute atomic E-state index is 0.321. The van der Waals surface area contributed by atoms with Crippen LogP contribution in [0.25, 0.3) is 0 Å². The van der Waals surface area contributed by atoms with Gasteiger partial charge in [-0.3, -0.25) is 4.79 Å². The van der Waals surface area contributed by atoms with E-state index in [0.717, 1.165) is 6.07 Å². The number of hydrogen-bond donors (Lipinski definition) is 3. The first-order valence-electron chi connectivity index (χ1n) is 4.82. The molecule has 2 atom stereocenters. The molecule has 2 unspecified atom stereocenters. The van der Waals surface area contributed by atoms with Gasteiger partial charge in [0.25, 0.3) is 0 Å². The third-order valence-electron chi connectivity index (χ3n) is 2.11. The number of alkyl halides is 3. The van der Waals surface area contributed by atoms with Gasteiger partial charge in [-0.25, -0.2) is 4.39 Å². The summed E-state index contributed by atoms with van der Waals surface area (Å²) in [7, 11) is 0. The molecule has 0 bridgehead atoms. The van der Waals surface area contributed by atoms with Crippen LogP contribution in [-0.4, -0.2) is 28.6 Å². The molecule has 0 fully saturated rings. The highest BCUT2D eigenvalue weighted by Gasteiger charge is 2.33. The van der Waals surface area contributed by atoms with Crippen molar-refractivity contribution in [3.05, 3.63) is 29.6 Å². The fraction of sp³-hybridized carbons (Fsp3) is 0.300. The molecule has 0 aliphatic carbocycles. The Bertz CT molecular complexity index is 477. The van der Waals surface area contributed by atoms with Gasteiger partial charge in [0.2, 0.25) is 5.91 Å². The normalized spacial score (nSPS) is 14.8. The monoisotopic (exact) mass is 283 g/mol. The first-order chi connectivity index (χ1) is 8.61. The van der Waals surface area contributed by atoms with Crippen molar-refractivity contribution in [3.8, 4) is 5.75 Å². The Hall–Kier alpha value is -1.87. The average Bonchev–Trinajstić information content (AvgIpc) is 2.28. The third kappa shape index (κ3) is 4.07. The molecule has 4 N–H and O–H groups in total. The molecule has 0 aromatic heterocycles. The number of benzene rings is 1. The molecule has 5 nitrogen and oxygen atoms in total. The Morgan fingerprint density at radius 3 is 2.32 bits per heavy atom. The van der Waals surface area contributed by atoms with E-state index in [0.29, 0.717) is 12.1 Å². The van der Waals surface area contributed by atoms with Crippen molar-refractivity contribution < 1.29 is 37.3 Å². The molecule has 1 aromatic carbocycles. The molecule has 0 radical (unpaired) electrons. The fourth-order valence-electron chi connectivity index (χ4n) is 1.25. The van der Waals surface area contributed by atoms with Gasteiger partial charge >= 0.3 is 6.36 Å². The average molecular weight is 283 g/mol. The Labute approximate surface area is 104 Å². The molecular weight excluding hydrogens is 274 g/mol. The predicted molar refractivity (Wildman–Crippen MR) is 53.2 cm³/mol. The molecule has 106 valence electrons. The number of aliphatic hydroxyl groups is 2. The second kappa shape index (κ2) is 5.41. The van der Waals surface area contributed by atoms with Crippen LogP contribution in [0.3, 0.4) is 0 Å². The molecule has 0 saturated carbocycles. The van der Waals surface area contributed by atoms with Crippen LogP contribution in [0, 0.1) is 5.82 Å². The highest BCUT2D eigenvalue weighted by atomic mass is 19.4. The van der Waals surface area contributed by atoms with Gasteiger partial charge in [0.15, 0.2) is 17.7 Å². The first-order valence-corrected chi connectivity index (χ1v) is 4.82. The Kier molecular flexibility index (Phi) is 4.32. The molecule has 0 aliphatic heterocycles. The van der Waals surface area contributed by atoms with Crippen LogP contribution in [0.5, 0.6) is 5.75 Å². The lowest BCUT2D eigenvalue weighted by Crippen LogP contribution is -2.33. The standard InChI is InChI=1S/C10H9F4NO4/c11-5-3-4(7(16)8(17)9(15)18)1-2-6(5)19-10(12,13)14/h1-3,7-8,16-17H,(H2,15,18). The number of nitrogens with two attached hydrogens (primary N) is 1. The molecule has 1 aromatic rings. The van der Waals surface area contributed by atoms with Crippen LogP contribution in [0.15, 0.2) is 18.2 Å². The van der Waals surface area contributed by atoms with Crippen molar-refractivity contribution in [2.45, 2.75) is 18.6 Å². The van der Waals surface area contributed by atoms with Crippen molar-refractivity contribution in [3.63, 3.8) is 0 Å². The van der Waals surface area contributed by atoms with E-state index in [-0.39, 0.29) is 5.56 Å². The Morgan fingerprint density at radius 2 is 1.89 bits per heavy atom. The van der Waals surface area contributed by atoms with Crippen molar-refractivity contribution in [2.24, 2.45) is 5.73 Å². The van der Waals surface area contributed by atoms with Gasteiger partial charge in [-0.15, -0.1) is 13.2 Å². The second-order valence-corrected chi connectivity index (χ2v) is 3.53. The number of ether oxygens (including phenoxy) is 1. The summed E-state index contributed by atoms with van der Waals surface area (Å²) in [4.78, 5) is 10.6. The summed E-state index contributed by atoms with van der Waals surface area (Å²) in [5.74, 6) is -3.77. The Morgan fingerprint density at radius 1 is 1.32 bits per heavy atom. The summed E-state index contributed by atoms with van der Waals surface area (Å²) < 4.78 is 52.3. The fourth-order valence-corrected chi connectivity index (χ4v) is 1.25. The lowest BCUT2D eigenvalue weighted by Gasteiger charge is -2.16.